The molecule has 8 aliphatic heterocycles. The van der Waals surface area contributed by atoms with Crippen LogP contribution in [0, 0.1) is 0 Å². The lowest BCUT2D eigenvalue weighted by Crippen LogP contribution is -2.15. The SMILES string of the molecule is CCCOc1c2cccc1Cc1cc3cc(c1OCCC)Cc1cccc(c1OCCC)Cc1cc(cc(c1OCCC)C2)NC(=O)c1cc(on1)-c1ccc(cc1)-c1cc(no1)C(=O)Nc1cc2c(OCCC)c(c1)Cc1cccc(c1OCCC)Cc1cc(cc(c1OCCC)Cc1cccc(c1OCCC)C2)NC(=O)c1cc(on1)-c1ccc(cc1)-c1cc(no1)C(=O)N3. The number of aromatic nitrogens is 4. The van der Waals surface area contributed by atoms with Crippen molar-refractivity contribution in [3.05, 3.63) is 306 Å². The molecule has 0 fully saturated rings. The van der Waals surface area contributed by atoms with Gasteiger partial charge >= 0.3 is 0 Å². The van der Waals surface area contributed by atoms with Gasteiger partial charge in [0.15, 0.2) is 45.8 Å². The van der Waals surface area contributed by atoms with Crippen LogP contribution in [0.25, 0.3) is 45.3 Å². The highest BCUT2D eigenvalue weighted by atomic mass is 16.5. The number of carbonyl (C=O) groups excluding carboxylic acids is 4. The lowest BCUT2D eigenvalue weighted by atomic mass is 9.90. The van der Waals surface area contributed by atoms with Crippen LogP contribution in [0.2, 0.25) is 0 Å². The van der Waals surface area contributed by atoms with Gasteiger partial charge in [0.05, 0.1) is 52.9 Å². The second-order valence-electron chi connectivity index (χ2n) is 33.6. The van der Waals surface area contributed by atoms with Gasteiger partial charge in [0.2, 0.25) is 0 Å². The lowest BCUT2D eigenvalue weighted by Gasteiger charge is -2.24. The molecule has 14 aromatic rings. The summed E-state index contributed by atoms with van der Waals surface area (Å²) < 4.78 is 79.0. The second-order valence-corrected chi connectivity index (χ2v) is 33.6. The van der Waals surface area contributed by atoms with Crippen LogP contribution in [-0.2, 0) is 51.4 Å². The predicted molar refractivity (Wildman–Crippen MR) is 507 cm³/mol. The van der Waals surface area contributed by atoms with Gasteiger partial charge in [0.25, 0.3) is 23.6 Å². The van der Waals surface area contributed by atoms with Gasteiger partial charge in [0.1, 0.15) is 46.0 Å². The quantitative estimate of drug-likeness (QED) is 0.0437. The Morgan fingerprint density at radius 3 is 0.523 bits per heavy atom. The van der Waals surface area contributed by atoms with Gasteiger partial charge in [-0.05, 0) is 144 Å². The number of carbonyl (C=O) groups is 4. The van der Waals surface area contributed by atoms with Gasteiger partial charge in [-0.15, -0.1) is 0 Å². The van der Waals surface area contributed by atoms with E-state index in [0.29, 0.717) is 218 Å². The van der Waals surface area contributed by atoms with Crippen LogP contribution in [0.4, 0.5) is 22.7 Å². The number of amides is 4. The average Bonchev–Trinajstić information content (AvgIpc) is 1.00. The molecule has 4 amide bonds. The van der Waals surface area contributed by atoms with Gasteiger partial charge in [-0.2, -0.15) is 0 Å². The molecule has 0 atom stereocenters. The van der Waals surface area contributed by atoms with E-state index in [1.54, 1.807) is 24.3 Å². The first-order chi connectivity index (χ1) is 64.6. The lowest BCUT2D eigenvalue weighted by molar-refractivity contribution is 0.101. The molecule has 2 aliphatic carbocycles. The number of nitrogens with zero attached hydrogens (tertiary/aromatic N) is 4. The Balaban J connectivity index is 0.780. The molecule has 0 saturated heterocycles. The minimum absolute atomic E-state index is 0.0414. The van der Waals surface area contributed by atoms with Crippen LogP contribution >= 0.6 is 0 Å². The molecule has 132 heavy (non-hydrogen) atoms. The largest absolute Gasteiger partial charge is 0.493 e. The summed E-state index contributed by atoms with van der Waals surface area (Å²) >= 11 is 0. The summed E-state index contributed by atoms with van der Waals surface area (Å²) in [7, 11) is 0. The fraction of sp³-hybridized carbons (Fsp3) is 0.296. The molecule has 24 rings (SSSR count). The predicted octanol–water partition coefficient (Wildman–Crippen LogP) is 23.3. The van der Waals surface area contributed by atoms with Crippen LogP contribution < -0.4 is 59.2 Å². The van der Waals surface area contributed by atoms with Gasteiger partial charge < -0.3 is 77.3 Å². The molecule has 24 heteroatoms. The maximum Gasteiger partial charge on any atom is 0.277 e. The average molecular weight is 1770 g/mol. The van der Waals surface area contributed by atoms with Crippen LogP contribution in [0.1, 0.15) is 238 Å². The number of anilines is 4. The Kier molecular flexibility index (Phi) is 28.0. The number of para-hydroxylation sites is 4. The highest BCUT2D eigenvalue weighted by Gasteiger charge is 2.31. The van der Waals surface area contributed by atoms with Gasteiger partial charge in [0, 0.05) is 165 Å². The maximum absolute atomic E-state index is 14.9. The minimum atomic E-state index is -0.505. The summed E-state index contributed by atoms with van der Waals surface area (Å²) in [6.45, 7) is 19.9. The standard InChI is InChI=1S/C108H108N8O16/c1-9-37-121-97-69-21-17-22-70(97)46-78-54-86-56-80(102(78)126-42-14-6)48-72-24-18-23-71(98(72)122-38-10-2)47-79-55-85(53-77(45-69)101(79)125-41-13-5)109-105(117)89-61-93(129-113-89)65-29-33-67(34-30-65)95-63-91(115-131-95)107(119)111-87-57-81-49-73-25-19-26-74(99(73)123-39-11-3)50-82-58-88(112-108(120)92-64-96(132-116-92)68-35-31-66(32-36-68)94-62-90(114-130-94)106(118)110-86)60-84(104(82)128-44-16-8)52-76-28-20-27-75(100(76)124-40-12-4)51-83(59-87)103(81)127-43-15-7/h17-36,53-64H,9-16,37-52H2,1-8H3,(H,109,117)(H,110,118)(H,111,119)(H,112,120). The van der Waals surface area contributed by atoms with Crippen molar-refractivity contribution in [1.29, 1.82) is 0 Å². The van der Waals surface area contributed by atoms with E-state index in [9.17, 15) is 19.2 Å². The van der Waals surface area contributed by atoms with E-state index >= 15 is 0 Å². The Morgan fingerprint density at radius 1 is 0.220 bits per heavy atom. The molecular formula is C108H108N8O16. The smallest absolute Gasteiger partial charge is 0.277 e. The van der Waals surface area contributed by atoms with Gasteiger partial charge in [-0.1, -0.05) is 197 Å². The number of rotatable bonds is 24. The Bertz CT molecular complexity index is 5580. The van der Waals surface area contributed by atoms with Crippen molar-refractivity contribution in [1.82, 2.24) is 20.6 Å². The normalized spacial score (nSPS) is 13.1. The molecule has 676 valence electrons. The zero-order chi connectivity index (χ0) is 91.1. The Morgan fingerprint density at radius 2 is 0.371 bits per heavy atom. The number of benzene rings is 10. The molecule has 0 spiro atoms. The molecule has 12 heterocycles. The zero-order valence-corrected chi connectivity index (χ0v) is 75.8. The van der Waals surface area contributed by atoms with Crippen LogP contribution in [0.5, 0.6) is 46.0 Å². The number of hydrogen-bond acceptors (Lipinski definition) is 20. The fourth-order valence-electron chi connectivity index (χ4n) is 17.2. The summed E-state index contributed by atoms with van der Waals surface area (Å²) in [5.74, 6) is 4.81. The van der Waals surface area contributed by atoms with Crippen molar-refractivity contribution in [2.24, 2.45) is 0 Å². The van der Waals surface area contributed by atoms with Gasteiger partial charge in [-0.3, -0.25) is 19.2 Å². The molecule has 4 N–H and O–H groups in total. The zero-order valence-electron chi connectivity index (χ0n) is 75.8. The molecular weight excluding hydrogens is 1670 g/mol. The third kappa shape index (κ3) is 20.2. The Hall–Kier alpha value is -14.7. The summed E-state index contributed by atoms with van der Waals surface area (Å²) in [6.07, 6.45) is 8.51. The van der Waals surface area contributed by atoms with Crippen molar-refractivity contribution < 1.29 is 75.2 Å². The van der Waals surface area contributed by atoms with Crippen molar-refractivity contribution in [2.45, 2.75) is 158 Å². The maximum atomic E-state index is 14.9. The highest BCUT2D eigenvalue weighted by molar-refractivity contribution is 6.06. The van der Waals surface area contributed by atoms with Crippen molar-refractivity contribution >= 4 is 46.4 Å². The van der Waals surface area contributed by atoms with Crippen LogP contribution in [0.15, 0.2) is 212 Å². The first-order valence-electron chi connectivity index (χ1n) is 46.1. The molecule has 32 bridgehead atoms. The minimum Gasteiger partial charge on any atom is -0.493 e. The number of hydrogen-bond donors (Lipinski definition) is 4. The molecule has 0 radical (unpaired) electrons. The van der Waals surface area contributed by atoms with Crippen molar-refractivity contribution in [3.8, 4) is 91.3 Å². The topological polar surface area (TPSA) is 294 Å². The van der Waals surface area contributed by atoms with E-state index in [2.05, 4.69) is 146 Å². The van der Waals surface area contributed by atoms with E-state index in [-0.39, 0.29) is 22.8 Å². The summed E-state index contributed by atoms with van der Waals surface area (Å²) in [5.41, 5.74) is 18.1. The number of nitrogens with one attached hydrogen (secondary N) is 4. The third-order valence-electron chi connectivity index (χ3n) is 23.2. The molecule has 4 aromatic heterocycles. The van der Waals surface area contributed by atoms with Gasteiger partial charge in [-0.25, -0.2) is 0 Å². The first kappa shape index (κ1) is 89.3. The van der Waals surface area contributed by atoms with E-state index in [1.165, 1.54) is 0 Å². The molecule has 0 saturated carbocycles. The monoisotopic (exact) mass is 1770 g/mol. The van der Waals surface area contributed by atoms with E-state index in [1.807, 2.05) is 121 Å². The molecule has 0 unspecified atom stereocenters. The van der Waals surface area contributed by atoms with E-state index < -0.39 is 23.6 Å². The summed E-state index contributed by atoms with van der Waals surface area (Å²) in [5, 5.41) is 30.2. The highest BCUT2D eigenvalue weighted by Crippen LogP contribution is 2.46. The van der Waals surface area contributed by atoms with Crippen molar-refractivity contribution in [3.63, 3.8) is 0 Å². The summed E-state index contributed by atoms with van der Waals surface area (Å²) in [6, 6.07) is 61.3. The van der Waals surface area contributed by atoms with Crippen molar-refractivity contribution in [2.75, 3.05) is 74.1 Å². The van der Waals surface area contributed by atoms with Crippen LogP contribution in [-0.4, -0.2) is 97.1 Å². The van der Waals surface area contributed by atoms with E-state index in [4.69, 9.17) is 56.0 Å². The van der Waals surface area contributed by atoms with Crippen LogP contribution in [0.3, 0.4) is 0 Å². The first-order valence-corrected chi connectivity index (χ1v) is 46.1. The van der Waals surface area contributed by atoms with E-state index in [0.717, 1.165) is 140 Å². The molecule has 10 aliphatic rings. The number of ether oxygens (including phenoxy) is 8. The second kappa shape index (κ2) is 41.4. The Labute approximate surface area is 767 Å². The fourth-order valence-corrected chi connectivity index (χ4v) is 17.2. The summed E-state index contributed by atoms with van der Waals surface area (Å²) in [4.78, 5) is 59.5. The molecule has 10 aromatic carbocycles. The third-order valence-corrected chi connectivity index (χ3v) is 23.2. The molecule has 24 nitrogen and oxygen atoms in total.